The van der Waals surface area contributed by atoms with E-state index in [4.69, 9.17) is 0 Å². The number of fused-ring (bicyclic) bond motifs is 3. The van der Waals surface area contributed by atoms with Gasteiger partial charge in [-0.25, -0.2) is 4.39 Å². The maximum Gasteiger partial charge on any atom is 0.255 e. The summed E-state index contributed by atoms with van der Waals surface area (Å²) in [5.74, 6) is -0.366. The van der Waals surface area contributed by atoms with Gasteiger partial charge in [-0.2, -0.15) is 0 Å². The van der Waals surface area contributed by atoms with Crippen molar-refractivity contribution >= 4 is 17.5 Å². The molecule has 3 N–H and O–H groups in total. The van der Waals surface area contributed by atoms with E-state index >= 15 is 0 Å². The number of halogens is 1. The van der Waals surface area contributed by atoms with Crippen LogP contribution in [0.3, 0.4) is 0 Å². The van der Waals surface area contributed by atoms with Crippen LogP contribution in [0.25, 0.3) is 0 Å². The van der Waals surface area contributed by atoms with Gasteiger partial charge in [0.15, 0.2) is 0 Å². The van der Waals surface area contributed by atoms with E-state index in [0.29, 0.717) is 24.0 Å². The summed E-state index contributed by atoms with van der Waals surface area (Å²) in [5, 5.41) is 9.80. The summed E-state index contributed by atoms with van der Waals surface area (Å²) in [5.41, 5.74) is 1.26. The first kappa shape index (κ1) is 19.1. The quantitative estimate of drug-likeness (QED) is 0.724. The minimum absolute atomic E-state index is 0.0251. The van der Waals surface area contributed by atoms with Gasteiger partial charge in [-0.05, 0) is 49.3 Å². The highest BCUT2D eigenvalue weighted by molar-refractivity contribution is 6.02. The molecule has 0 radical (unpaired) electrons. The fraction of sp³-hybridized carbons (Fsp3) is 0.417. The minimum atomic E-state index is -0.513. The van der Waals surface area contributed by atoms with Crippen LogP contribution in [0.2, 0.25) is 0 Å². The van der Waals surface area contributed by atoms with E-state index in [9.17, 15) is 14.0 Å². The Kier molecular flexibility index (Phi) is 4.34. The Balaban J connectivity index is 1.35. The van der Waals surface area contributed by atoms with Crippen molar-refractivity contribution in [3.8, 4) is 0 Å². The normalized spacial score (nSPS) is 31.6. The third-order valence-corrected chi connectivity index (χ3v) is 7.40. The number of para-hydroxylation sites is 1. The standard InChI is InChI=1S/C24H26FN3O2/c1-23-11-10-16(12-18(23)22(30)26-13-15-6-2-4-8-19(15)25)24(14-23)27-20-9-5-3-7-17(20)21(29)28-24/h2-9,16,18,27H,10-14H2,1H3,(H,26,30)(H,28,29)/t16-,18+,23-,24+/m0/s1. The van der Waals surface area contributed by atoms with Crippen molar-refractivity contribution in [2.75, 3.05) is 5.32 Å². The smallest absolute Gasteiger partial charge is 0.255 e. The summed E-state index contributed by atoms with van der Waals surface area (Å²) in [4.78, 5) is 25.9. The Morgan fingerprint density at radius 1 is 1.17 bits per heavy atom. The molecule has 4 atom stereocenters. The average molecular weight is 407 g/mol. The molecule has 6 rings (SSSR count). The lowest BCUT2D eigenvalue weighted by Crippen LogP contribution is -2.70. The van der Waals surface area contributed by atoms with Crippen molar-refractivity contribution in [2.45, 2.75) is 44.8 Å². The van der Waals surface area contributed by atoms with Crippen molar-refractivity contribution in [3.05, 3.63) is 65.5 Å². The first-order valence-corrected chi connectivity index (χ1v) is 10.6. The van der Waals surface area contributed by atoms with Crippen LogP contribution in [-0.4, -0.2) is 17.5 Å². The first-order valence-electron chi connectivity index (χ1n) is 10.6. The summed E-state index contributed by atoms with van der Waals surface area (Å²) in [6.07, 6.45) is 3.30. The van der Waals surface area contributed by atoms with E-state index in [0.717, 1.165) is 18.5 Å². The fourth-order valence-corrected chi connectivity index (χ4v) is 5.80. The second-order valence-electron chi connectivity index (χ2n) is 9.26. The van der Waals surface area contributed by atoms with Gasteiger partial charge in [0, 0.05) is 29.6 Å². The van der Waals surface area contributed by atoms with E-state index in [1.165, 1.54) is 6.07 Å². The molecule has 5 nitrogen and oxygen atoms in total. The minimum Gasteiger partial charge on any atom is -0.362 e. The molecule has 2 amide bonds. The monoisotopic (exact) mass is 407 g/mol. The van der Waals surface area contributed by atoms with E-state index in [-0.39, 0.29) is 41.4 Å². The van der Waals surface area contributed by atoms with Crippen LogP contribution in [0.1, 0.15) is 48.5 Å². The number of hydrogen-bond acceptors (Lipinski definition) is 3. The van der Waals surface area contributed by atoms with Crippen LogP contribution in [0.4, 0.5) is 10.1 Å². The molecule has 2 aromatic rings. The number of anilines is 1. The summed E-state index contributed by atoms with van der Waals surface area (Å²) in [6, 6.07) is 14.1. The summed E-state index contributed by atoms with van der Waals surface area (Å²) in [7, 11) is 0. The van der Waals surface area contributed by atoms with Crippen molar-refractivity contribution in [1.82, 2.24) is 10.6 Å². The van der Waals surface area contributed by atoms with Crippen LogP contribution in [0.15, 0.2) is 48.5 Å². The van der Waals surface area contributed by atoms with Gasteiger partial charge in [0.2, 0.25) is 5.91 Å². The Morgan fingerprint density at radius 3 is 2.73 bits per heavy atom. The van der Waals surface area contributed by atoms with Crippen LogP contribution < -0.4 is 16.0 Å². The lowest BCUT2D eigenvalue weighted by molar-refractivity contribution is -0.139. The summed E-state index contributed by atoms with van der Waals surface area (Å²) < 4.78 is 13.9. The number of carbonyl (C=O) groups is 2. The highest BCUT2D eigenvalue weighted by Crippen LogP contribution is 2.58. The van der Waals surface area contributed by atoms with Gasteiger partial charge in [-0.15, -0.1) is 0 Å². The zero-order valence-corrected chi connectivity index (χ0v) is 17.0. The Labute approximate surface area is 175 Å². The van der Waals surface area contributed by atoms with Gasteiger partial charge in [0.25, 0.3) is 5.91 Å². The molecular weight excluding hydrogens is 381 g/mol. The average Bonchev–Trinajstić information content (AvgIpc) is 2.72. The number of nitrogens with one attached hydrogen (secondary N) is 3. The summed E-state index contributed by atoms with van der Waals surface area (Å²) in [6.45, 7) is 2.34. The van der Waals surface area contributed by atoms with Crippen LogP contribution in [0, 0.1) is 23.1 Å². The lowest BCUT2D eigenvalue weighted by Gasteiger charge is -2.60. The van der Waals surface area contributed by atoms with Crippen molar-refractivity contribution in [3.63, 3.8) is 0 Å². The molecule has 2 bridgehead atoms. The third kappa shape index (κ3) is 2.97. The van der Waals surface area contributed by atoms with Crippen molar-refractivity contribution in [2.24, 2.45) is 17.3 Å². The molecule has 0 unspecified atom stereocenters. The van der Waals surface area contributed by atoms with Gasteiger partial charge < -0.3 is 16.0 Å². The predicted molar refractivity (Wildman–Crippen MR) is 112 cm³/mol. The highest BCUT2D eigenvalue weighted by Gasteiger charge is 2.60. The SMILES string of the molecule is C[C@@]12CC[C@@H](C[C@@H]1C(=O)NCc1ccccc1F)[C@@]1(C2)NC(=O)c2ccccc2N1. The number of carbonyl (C=O) groups excluding carboxylic acids is 2. The van der Waals surface area contributed by atoms with E-state index in [1.807, 2.05) is 24.3 Å². The molecule has 0 saturated heterocycles. The van der Waals surface area contributed by atoms with Crippen molar-refractivity contribution < 1.29 is 14.0 Å². The van der Waals surface area contributed by atoms with E-state index < -0.39 is 5.66 Å². The van der Waals surface area contributed by atoms with Crippen LogP contribution in [-0.2, 0) is 11.3 Å². The van der Waals surface area contributed by atoms with Gasteiger partial charge >= 0.3 is 0 Å². The zero-order valence-electron chi connectivity index (χ0n) is 17.0. The first-order chi connectivity index (χ1) is 14.4. The number of hydrogen-bond donors (Lipinski definition) is 3. The second-order valence-corrected chi connectivity index (χ2v) is 9.26. The van der Waals surface area contributed by atoms with Crippen LogP contribution >= 0.6 is 0 Å². The number of amides is 2. The van der Waals surface area contributed by atoms with E-state index in [2.05, 4.69) is 22.9 Å². The molecule has 3 saturated carbocycles. The molecular formula is C24H26FN3O2. The molecule has 30 heavy (non-hydrogen) atoms. The molecule has 1 aliphatic heterocycles. The van der Waals surface area contributed by atoms with Gasteiger partial charge in [-0.1, -0.05) is 37.3 Å². The summed E-state index contributed by atoms with van der Waals surface area (Å²) >= 11 is 0. The van der Waals surface area contributed by atoms with Crippen LogP contribution in [0.5, 0.6) is 0 Å². The van der Waals surface area contributed by atoms with E-state index in [1.54, 1.807) is 18.2 Å². The maximum atomic E-state index is 13.9. The third-order valence-electron chi connectivity index (χ3n) is 7.40. The molecule has 4 aliphatic rings. The molecule has 2 aromatic carbocycles. The molecule has 6 heteroatoms. The molecule has 156 valence electrons. The van der Waals surface area contributed by atoms with Gasteiger partial charge in [-0.3, -0.25) is 9.59 Å². The zero-order chi connectivity index (χ0) is 20.9. The largest absolute Gasteiger partial charge is 0.362 e. The Hall–Kier alpha value is -2.89. The topological polar surface area (TPSA) is 70.2 Å². The predicted octanol–water partition coefficient (Wildman–Crippen LogP) is 3.82. The number of benzene rings is 2. The maximum absolute atomic E-state index is 13.9. The molecule has 0 aromatic heterocycles. The second kappa shape index (κ2) is 6.83. The lowest BCUT2D eigenvalue weighted by atomic mass is 9.51. The van der Waals surface area contributed by atoms with Gasteiger partial charge in [0.05, 0.1) is 5.56 Å². The van der Waals surface area contributed by atoms with Crippen molar-refractivity contribution in [1.29, 1.82) is 0 Å². The molecule has 1 heterocycles. The number of rotatable bonds is 3. The fourth-order valence-electron chi connectivity index (χ4n) is 5.80. The Bertz CT molecular complexity index is 1030. The van der Waals surface area contributed by atoms with Gasteiger partial charge in [0.1, 0.15) is 11.5 Å². The molecule has 3 fully saturated rings. The molecule has 1 spiro atoms. The highest BCUT2D eigenvalue weighted by atomic mass is 19.1. The molecule has 3 aliphatic carbocycles. The Morgan fingerprint density at radius 2 is 1.93 bits per heavy atom.